The van der Waals surface area contributed by atoms with E-state index in [-0.39, 0.29) is 5.91 Å². The molecule has 186 valence electrons. The number of imidazole rings is 1. The molecule has 0 saturated carbocycles. The van der Waals surface area contributed by atoms with Crippen LogP contribution in [-0.2, 0) is 11.3 Å². The van der Waals surface area contributed by atoms with Gasteiger partial charge in [-0.3, -0.25) is 9.69 Å². The number of benzene rings is 2. The maximum atomic E-state index is 12.6. The van der Waals surface area contributed by atoms with E-state index in [1.54, 1.807) is 20.2 Å². The largest absolute Gasteiger partial charge is 0.379 e. The summed E-state index contributed by atoms with van der Waals surface area (Å²) in [5, 5.41) is 6.74. The van der Waals surface area contributed by atoms with Crippen molar-refractivity contribution >= 4 is 51.7 Å². The molecule has 1 saturated heterocycles. The third-order valence-electron chi connectivity index (χ3n) is 5.82. The number of carbonyl (C=O) groups is 1. The van der Waals surface area contributed by atoms with E-state index in [1.165, 1.54) is 11.1 Å². The standard InChI is InChI=1S/C25H27ClN8O2/c1-33(2)24(35)17-5-3-4-6-19(17)31-23-18(26)14-27-25(32-23)28-16-7-8-20-21(13-16)30-22(29-20)15-34-9-11-36-12-10-34/h3-8,13-14H,9-12,15H2,1-2H3,(H,29,30)(H2,27,28,31,32). The van der Waals surface area contributed by atoms with Crippen molar-refractivity contribution in [3.05, 3.63) is 65.1 Å². The molecule has 1 aliphatic heterocycles. The molecule has 10 nitrogen and oxygen atoms in total. The summed E-state index contributed by atoms with van der Waals surface area (Å²) in [6.07, 6.45) is 1.52. The van der Waals surface area contributed by atoms with Gasteiger partial charge in [0, 0.05) is 32.9 Å². The Labute approximate surface area is 213 Å². The fourth-order valence-corrected chi connectivity index (χ4v) is 4.12. The molecule has 4 aromatic rings. The van der Waals surface area contributed by atoms with Crippen molar-refractivity contribution in [2.75, 3.05) is 51.0 Å². The monoisotopic (exact) mass is 506 g/mol. The van der Waals surface area contributed by atoms with E-state index in [4.69, 9.17) is 21.3 Å². The molecule has 0 atom stereocenters. The Balaban J connectivity index is 1.34. The maximum Gasteiger partial charge on any atom is 0.255 e. The first kappa shape index (κ1) is 24.0. The lowest BCUT2D eigenvalue weighted by Crippen LogP contribution is -2.35. The Morgan fingerprint density at radius 2 is 1.94 bits per heavy atom. The molecule has 11 heteroatoms. The zero-order chi connectivity index (χ0) is 25.1. The predicted octanol–water partition coefficient (Wildman–Crippen LogP) is 4.03. The number of H-pyrrole nitrogens is 1. The van der Waals surface area contributed by atoms with Crippen LogP contribution in [0.4, 0.5) is 23.1 Å². The highest BCUT2D eigenvalue weighted by Crippen LogP contribution is 2.28. The highest BCUT2D eigenvalue weighted by molar-refractivity contribution is 6.33. The molecule has 2 aromatic carbocycles. The van der Waals surface area contributed by atoms with Gasteiger partial charge in [-0.25, -0.2) is 9.97 Å². The minimum atomic E-state index is -0.123. The van der Waals surface area contributed by atoms with Gasteiger partial charge in [0.05, 0.1) is 48.2 Å². The average molecular weight is 507 g/mol. The van der Waals surface area contributed by atoms with Gasteiger partial charge in [-0.05, 0) is 30.3 Å². The number of nitrogens with zero attached hydrogens (tertiary/aromatic N) is 5. The van der Waals surface area contributed by atoms with Crippen LogP contribution in [0.25, 0.3) is 11.0 Å². The number of morpholine rings is 1. The summed E-state index contributed by atoms with van der Waals surface area (Å²) in [6.45, 7) is 4.07. The number of rotatable bonds is 7. The second kappa shape index (κ2) is 10.5. The van der Waals surface area contributed by atoms with Gasteiger partial charge in [-0.15, -0.1) is 0 Å². The smallest absolute Gasteiger partial charge is 0.255 e. The number of carbonyl (C=O) groups excluding carboxylic acids is 1. The quantitative estimate of drug-likeness (QED) is 0.344. The summed E-state index contributed by atoms with van der Waals surface area (Å²) in [5.74, 6) is 1.56. The lowest BCUT2D eigenvalue weighted by molar-refractivity contribution is 0.0332. The first-order valence-corrected chi connectivity index (χ1v) is 12.0. The molecule has 3 heterocycles. The Morgan fingerprint density at radius 1 is 1.14 bits per heavy atom. The van der Waals surface area contributed by atoms with Crippen LogP contribution in [0.1, 0.15) is 16.2 Å². The average Bonchev–Trinajstić information content (AvgIpc) is 3.28. The van der Waals surface area contributed by atoms with E-state index in [0.29, 0.717) is 28.0 Å². The highest BCUT2D eigenvalue weighted by atomic mass is 35.5. The molecule has 1 aliphatic rings. The Kier molecular flexibility index (Phi) is 6.99. The van der Waals surface area contributed by atoms with Crippen LogP contribution in [0.5, 0.6) is 0 Å². The lowest BCUT2D eigenvalue weighted by atomic mass is 10.1. The number of aromatic amines is 1. The van der Waals surface area contributed by atoms with Crippen LogP contribution < -0.4 is 10.6 Å². The summed E-state index contributed by atoms with van der Waals surface area (Å²) in [7, 11) is 3.42. The molecular weight excluding hydrogens is 480 g/mol. The first-order valence-electron chi connectivity index (χ1n) is 11.6. The molecule has 0 bridgehead atoms. The van der Waals surface area contributed by atoms with Crippen LogP contribution in [0.3, 0.4) is 0 Å². The van der Waals surface area contributed by atoms with Crippen LogP contribution >= 0.6 is 11.6 Å². The number of fused-ring (bicyclic) bond motifs is 1. The van der Waals surface area contributed by atoms with Gasteiger partial charge < -0.3 is 25.3 Å². The topological polar surface area (TPSA) is 111 Å². The van der Waals surface area contributed by atoms with Gasteiger partial charge in [0.1, 0.15) is 10.8 Å². The van der Waals surface area contributed by atoms with Crippen LogP contribution in [0, 0.1) is 0 Å². The van der Waals surface area contributed by atoms with Crippen molar-refractivity contribution in [2.24, 2.45) is 0 Å². The van der Waals surface area contributed by atoms with E-state index >= 15 is 0 Å². The van der Waals surface area contributed by atoms with Crippen LogP contribution in [0.15, 0.2) is 48.7 Å². The Morgan fingerprint density at radius 3 is 2.75 bits per heavy atom. The number of anilines is 4. The summed E-state index contributed by atoms with van der Waals surface area (Å²) < 4.78 is 5.42. The summed E-state index contributed by atoms with van der Waals surface area (Å²) in [5.41, 5.74) is 3.75. The number of aromatic nitrogens is 4. The van der Waals surface area contributed by atoms with Gasteiger partial charge >= 0.3 is 0 Å². The van der Waals surface area contributed by atoms with Crippen molar-refractivity contribution in [1.29, 1.82) is 0 Å². The van der Waals surface area contributed by atoms with Crippen molar-refractivity contribution in [2.45, 2.75) is 6.54 Å². The van der Waals surface area contributed by atoms with Crippen molar-refractivity contribution < 1.29 is 9.53 Å². The molecule has 36 heavy (non-hydrogen) atoms. The molecule has 0 spiro atoms. The molecular formula is C25H27ClN8O2. The van der Waals surface area contributed by atoms with Crippen molar-refractivity contribution in [3.8, 4) is 0 Å². The van der Waals surface area contributed by atoms with Crippen LogP contribution in [0.2, 0.25) is 5.02 Å². The minimum absolute atomic E-state index is 0.123. The summed E-state index contributed by atoms with van der Waals surface area (Å²) in [6, 6.07) is 13.1. The normalized spacial score (nSPS) is 14.1. The fraction of sp³-hybridized carbons (Fsp3) is 0.280. The van der Waals surface area contributed by atoms with E-state index in [1.807, 2.05) is 36.4 Å². The Bertz CT molecular complexity index is 1380. The van der Waals surface area contributed by atoms with Crippen LogP contribution in [-0.4, -0.2) is 76.0 Å². The van der Waals surface area contributed by atoms with E-state index < -0.39 is 0 Å². The van der Waals surface area contributed by atoms with E-state index in [0.717, 1.165) is 55.4 Å². The van der Waals surface area contributed by atoms with E-state index in [9.17, 15) is 4.79 Å². The molecule has 0 radical (unpaired) electrons. The summed E-state index contributed by atoms with van der Waals surface area (Å²) in [4.78, 5) is 33.4. The number of amides is 1. The van der Waals surface area contributed by atoms with Gasteiger partial charge in [0.15, 0.2) is 5.82 Å². The zero-order valence-corrected chi connectivity index (χ0v) is 20.8. The number of ether oxygens (including phenoxy) is 1. The lowest BCUT2D eigenvalue weighted by Gasteiger charge is -2.25. The Hall–Kier alpha value is -3.73. The molecule has 1 amide bonds. The summed E-state index contributed by atoms with van der Waals surface area (Å²) >= 11 is 6.37. The third kappa shape index (κ3) is 5.40. The second-order valence-corrected chi connectivity index (χ2v) is 9.10. The highest BCUT2D eigenvalue weighted by Gasteiger charge is 2.16. The van der Waals surface area contributed by atoms with Crippen molar-refractivity contribution in [3.63, 3.8) is 0 Å². The van der Waals surface area contributed by atoms with Gasteiger partial charge in [0.2, 0.25) is 5.95 Å². The second-order valence-electron chi connectivity index (χ2n) is 8.69. The molecule has 3 N–H and O–H groups in total. The predicted molar refractivity (Wildman–Crippen MR) is 140 cm³/mol. The number of para-hydroxylation sites is 1. The van der Waals surface area contributed by atoms with E-state index in [2.05, 4.69) is 30.5 Å². The zero-order valence-electron chi connectivity index (χ0n) is 20.1. The number of halogens is 1. The molecule has 1 fully saturated rings. The van der Waals surface area contributed by atoms with Gasteiger partial charge in [-0.1, -0.05) is 23.7 Å². The van der Waals surface area contributed by atoms with Crippen molar-refractivity contribution in [1.82, 2.24) is 29.7 Å². The van der Waals surface area contributed by atoms with Gasteiger partial charge in [-0.2, -0.15) is 4.98 Å². The SMILES string of the molecule is CN(C)C(=O)c1ccccc1Nc1nc(Nc2ccc3nc(CN4CCOCC4)[nH]c3c2)ncc1Cl. The maximum absolute atomic E-state index is 12.6. The number of hydrogen-bond acceptors (Lipinski definition) is 8. The first-order chi connectivity index (χ1) is 17.5. The fourth-order valence-electron chi connectivity index (χ4n) is 3.98. The van der Waals surface area contributed by atoms with Gasteiger partial charge in [0.25, 0.3) is 5.91 Å². The molecule has 2 aromatic heterocycles. The minimum Gasteiger partial charge on any atom is -0.379 e. The third-order valence-corrected chi connectivity index (χ3v) is 6.10. The molecule has 5 rings (SSSR count). The number of nitrogens with one attached hydrogen (secondary N) is 3. The molecule has 0 unspecified atom stereocenters. The molecule has 0 aliphatic carbocycles. The number of hydrogen-bond donors (Lipinski definition) is 3.